The van der Waals surface area contributed by atoms with Crippen LogP contribution in [0.2, 0.25) is 0 Å². The van der Waals surface area contributed by atoms with Gasteiger partial charge in [-0.3, -0.25) is 9.59 Å². The Bertz CT molecular complexity index is 551. The van der Waals surface area contributed by atoms with Crippen LogP contribution < -0.4 is 10.6 Å². The van der Waals surface area contributed by atoms with E-state index in [0.29, 0.717) is 17.9 Å². The van der Waals surface area contributed by atoms with Gasteiger partial charge in [0.25, 0.3) is 5.91 Å². The number of hydrogen-bond donors (Lipinski definition) is 2. The van der Waals surface area contributed by atoms with E-state index < -0.39 is 0 Å². The molecule has 1 atom stereocenters. The second-order valence-corrected chi connectivity index (χ2v) is 6.82. The average molecular weight is 382 g/mol. The van der Waals surface area contributed by atoms with Crippen molar-refractivity contribution in [2.24, 2.45) is 5.92 Å². The molecule has 146 valence electrons. The topological polar surface area (TPSA) is 61.4 Å². The van der Waals surface area contributed by atoms with E-state index in [1.165, 1.54) is 0 Å². The van der Waals surface area contributed by atoms with E-state index >= 15 is 0 Å². The predicted octanol–water partition coefficient (Wildman–Crippen LogP) is 3.70. The number of halogens is 1. The highest BCUT2D eigenvalue weighted by molar-refractivity contribution is 5.95. The SMILES string of the molecule is CCCN(CCC)C(=O)c1ccc(NC(=O)CCC2CCNC2)cc1.Cl. The first-order valence-electron chi connectivity index (χ1n) is 9.54. The van der Waals surface area contributed by atoms with Crippen molar-refractivity contribution in [2.45, 2.75) is 46.0 Å². The Morgan fingerprint density at radius 2 is 1.81 bits per heavy atom. The van der Waals surface area contributed by atoms with Crippen LogP contribution in [0.15, 0.2) is 24.3 Å². The smallest absolute Gasteiger partial charge is 0.253 e. The number of hydrogen-bond acceptors (Lipinski definition) is 3. The highest BCUT2D eigenvalue weighted by Crippen LogP contribution is 2.16. The zero-order valence-electron chi connectivity index (χ0n) is 15.9. The first-order chi connectivity index (χ1) is 12.1. The summed E-state index contributed by atoms with van der Waals surface area (Å²) in [5, 5.41) is 6.25. The fourth-order valence-electron chi connectivity index (χ4n) is 3.25. The Labute approximate surface area is 163 Å². The van der Waals surface area contributed by atoms with Gasteiger partial charge < -0.3 is 15.5 Å². The number of nitrogens with one attached hydrogen (secondary N) is 2. The molecule has 1 unspecified atom stereocenters. The fraction of sp³-hybridized carbons (Fsp3) is 0.600. The van der Waals surface area contributed by atoms with Gasteiger partial charge in [-0.25, -0.2) is 0 Å². The second kappa shape index (κ2) is 11.9. The van der Waals surface area contributed by atoms with Crippen LogP contribution in [-0.4, -0.2) is 42.9 Å². The van der Waals surface area contributed by atoms with Crippen LogP contribution in [0.5, 0.6) is 0 Å². The summed E-state index contributed by atoms with van der Waals surface area (Å²) in [6.07, 6.45) is 4.55. The van der Waals surface area contributed by atoms with Crippen molar-refractivity contribution in [2.75, 3.05) is 31.5 Å². The molecule has 1 fully saturated rings. The van der Waals surface area contributed by atoms with Gasteiger partial charge >= 0.3 is 0 Å². The van der Waals surface area contributed by atoms with Crippen LogP contribution in [0.1, 0.15) is 56.3 Å². The molecule has 26 heavy (non-hydrogen) atoms. The molecule has 1 aromatic rings. The van der Waals surface area contributed by atoms with Crippen LogP contribution in [-0.2, 0) is 4.79 Å². The normalized spacial score (nSPS) is 16.0. The van der Waals surface area contributed by atoms with Crippen molar-refractivity contribution in [1.82, 2.24) is 10.2 Å². The van der Waals surface area contributed by atoms with Gasteiger partial charge in [0, 0.05) is 30.8 Å². The molecule has 0 aromatic heterocycles. The number of benzene rings is 1. The van der Waals surface area contributed by atoms with Gasteiger partial charge in [0.1, 0.15) is 0 Å². The van der Waals surface area contributed by atoms with Gasteiger partial charge in [-0.2, -0.15) is 0 Å². The maximum atomic E-state index is 12.5. The summed E-state index contributed by atoms with van der Waals surface area (Å²) in [6.45, 7) is 7.81. The van der Waals surface area contributed by atoms with E-state index in [2.05, 4.69) is 24.5 Å². The minimum atomic E-state index is 0. The summed E-state index contributed by atoms with van der Waals surface area (Å²) in [6, 6.07) is 7.24. The van der Waals surface area contributed by atoms with Crippen molar-refractivity contribution in [3.05, 3.63) is 29.8 Å². The third-order valence-electron chi connectivity index (χ3n) is 4.63. The highest BCUT2D eigenvalue weighted by Gasteiger charge is 2.16. The highest BCUT2D eigenvalue weighted by atomic mass is 35.5. The van der Waals surface area contributed by atoms with Crippen molar-refractivity contribution in [3.63, 3.8) is 0 Å². The second-order valence-electron chi connectivity index (χ2n) is 6.82. The predicted molar refractivity (Wildman–Crippen MR) is 109 cm³/mol. The molecule has 1 aliphatic heterocycles. The van der Waals surface area contributed by atoms with Gasteiger partial charge in [0.2, 0.25) is 5.91 Å². The summed E-state index contributed by atoms with van der Waals surface area (Å²) >= 11 is 0. The first-order valence-corrected chi connectivity index (χ1v) is 9.54. The molecule has 5 nitrogen and oxygen atoms in total. The van der Waals surface area contributed by atoms with Gasteiger partial charge in [-0.1, -0.05) is 13.8 Å². The quantitative estimate of drug-likeness (QED) is 0.685. The molecule has 2 N–H and O–H groups in total. The zero-order chi connectivity index (χ0) is 18.1. The van der Waals surface area contributed by atoms with Crippen molar-refractivity contribution in [1.29, 1.82) is 0 Å². The van der Waals surface area contributed by atoms with Crippen LogP contribution >= 0.6 is 12.4 Å². The first kappa shape index (κ1) is 22.5. The molecular weight excluding hydrogens is 350 g/mol. The Hall–Kier alpha value is -1.59. The molecule has 1 heterocycles. The van der Waals surface area contributed by atoms with Gasteiger partial charge in [-0.15, -0.1) is 12.4 Å². The lowest BCUT2D eigenvalue weighted by atomic mass is 10.0. The largest absolute Gasteiger partial charge is 0.339 e. The third-order valence-corrected chi connectivity index (χ3v) is 4.63. The number of amides is 2. The van der Waals surface area contributed by atoms with E-state index in [1.807, 2.05) is 17.0 Å². The molecule has 0 aliphatic carbocycles. The average Bonchev–Trinajstić information content (AvgIpc) is 3.13. The molecule has 1 saturated heterocycles. The van der Waals surface area contributed by atoms with Crippen LogP contribution in [0.25, 0.3) is 0 Å². The Morgan fingerprint density at radius 1 is 1.15 bits per heavy atom. The molecule has 2 amide bonds. The lowest BCUT2D eigenvalue weighted by Crippen LogP contribution is -2.32. The Kier molecular flexibility index (Phi) is 10.3. The van der Waals surface area contributed by atoms with Crippen LogP contribution in [0.4, 0.5) is 5.69 Å². The fourth-order valence-corrected chi connectivity index (χ4v) is 3.25. The van der Waals surface area contributed by atoms with Crippen LogP contribution in [0, 0.1) is 5.92 Å². The molecule has 0 saturated carbocycles. The van der Waals surface area contributed by atoms with E-state index in [1.54, 1.807) is 12.1 Å². The summed E-state index contributed by atoms with van der Waals surface area (Å²) in [5.74, 6) is 0.730. The number of nitrogens with zero attached hydrogens (tertiary/aromatic N) is 1. The van der Waals surface area contributed by atoms with Crippen molar-refractivity contribution in [3.8, 4) is 0 Å². The molecule has 1 aliphatic rings. The number of rotatable bonds is 9. The summed E-state index contributed by atoms with van der Waals surface area (Å²) in [7, 11) is 0. The maximum absolute atomic E-state index is 12.5. The summed E-state index contributed by atoms with van der Waals surface area (Å²) in [5.41, 5.74) is 1.43. The lowest BCUT2D eigenvalue weighted by Gasteiger charge is -2.21. The number of carbonyl (C=O) groups excluding carboxylic acids is 2. The lowest BCUT2D eigenvalue weighted by molar-refractivity contribution is -0.116. The zero-order valence-corrected chi connectivity index (χ0v) is 16.7. The summed E-state index contributed by atoms with van der Waals surface area (Å²) < 4.78 is 0. The molecular formula is C20H32ClN3O2. The molecule has 0 spiro atoms. The van der Waals surface area contributed by atoms with Crippen molar-refractivity contribution >= 4 is 29.9 Å². The third kappa shape index (κ3) is 6.96. The van der Waals surface area contributed by atoms with E-state index in [0.717, 1.165) is 57.5 Å². The molecule has 1 aromatic carbocycles. The number of carbonyl (C=O) groups is 2. The van der Waals surface area contributed by atoms with Crippen LogP contribution in [0.3, 0.4) is 0 Å². The van der Waals surface area contributed by atoms with E-state index in [9.17, 15) is 9.59 Å². The van der Waals surface area contributed by atoms with Gasteiger partial charge in [0.05, 0.1) is 0 Å². The molecule has 2 rings (SSSR count). The number of anilines is 1. The van der Waals surface area contributed by atoms with Gasteiger partial charge in [-0.05, 0) is 69.0 Å². The minimum Gasteiger partial charge on any atom is -0.339 e. The van der Waals surface area contributed by atoms with Gasteiger partial charge in [0.15, 0.2) is 0 Å². The van der Waals surface area contributed by atoms with E-state index in [4.69, 9.17) is 0 Å². The maximum Gasteiger partial charge on any atom is 0.253 e. The molecule has 6 heteroatoms. The summed E-state index contributed by atoms with van der Waals surface area (Å²) in [4.78, 5) is 26.5. The Balaban J connectivity index is 0.00000338. The van der Waals surface area contributed by atoms with E-state index in [-0.39, 0.29) is 24.2 Å². The minimum absolute atomic E-state index is 0. The van der Waals surface area contributed by atoms with Crippen molar-refractivity contribution < 1.29 is 9.59 Å². The molecule has 0 radical (unpaired) electrons. The molecule has 0 bridgehead atoms. The Morgan fingerprint density at radius 3 is 2.35 bits per heavy atom. The standard InChI is InChI=1S/C20H31N3O2.ClH/c1-3-13-23(14-4-2)20(25)17-6-8-18(9-7-17)22-19(24)10-5-16-11-12-21-15-16;/h6-9,16,21H,3-5,10-15H2,1-2H3,(H,22,24);1H. The monoisotopic (exact) mass is 381 g/mol.